The van der Waals surface area contributed by atoms with Crippen LogP contribution in [0.4, 0.5) is 0 Å². The molecule has 2 rings (SSSR count). The van der Waals surface area contributed by atoms with Gasteiger partial charge in [0.25, 0.3) is 0 Å². The summed E-state index contributed by atoms with van der Waals surface area (Å²) in [5.41, 5.74) is 6.85. The lowest BCUT2D eigenvalue weighted by atomic mass is 10.1. The zero-order valence-corrected chi connectivity index (χ0v) is 8.66. The van der Waals surface area contributed by atoms with Gasteiger partial charge in [-0.05, 0) is 20.8 Å². The SMILES string of the molecule is C/C(N)=C1/C[C@@H]2OC(C)(C)O[C@@H]2C1=O. The number of ketones is 1. The summed E-state index contributed by atoms with van der Waals surface area (Å²) < 4.78 is 11.1. The van der Waals surface area contributed by atoms with Crippen LogP contribution in [0.3, 0.4) is 0 Å². The smallest absolute Gasteiger partial charge is 0.192 e. The first-order valence-corrected chi connectivity index (χ1v) is 4.76. The Hall–Kier alpha value is -0.870. The molecular formula is C10H15NO3. The summed E-state index contributed by atoms with van der Waals surface area (Å²) >= 11 is 0. The van der Waals surface area contributed by atoms with E-state index in [1.54, 1.807) is 6.92 Å². The normalized spacial score (nSPS) is 38.6. The van der Waals surface area contributed by atoms with Crippen molar-refractivity contribution in [3.05, 3.63) is 11.3 Å². The van der Waals surface area contributed by atoms with Crippen molar-refractivity contribution in [1.82, 2.24) is 0 Å². The molecule has 1 heterocycles. The molecule has 2 fully saturated rings. The molecule has 4 nitrogen and oxygen atoms in total. The third-order valence-corrected chi connectivity index (χ3v) is 2.62. The van der Waals surface area contributed by atoms with Crippen molar-refractivity contribution in [3.63, 3.8) is 0 Å². The van der Waals surface area contributed by atoms with E-state index in [1.807, 2.05) is 13.8 Å². The van der Waals surface area contributed by atoms with Gasteiger partial charge < -0.3 is 15.2 Å². The van der Waals surface area contributed by atoms with E-state index in [0.29, 0.717) is 17.7 Å². The monoisotopic (exact) mass is 197 g/mol. The molecule has 2 aliphatic rings. The highest BCUT2D eigenvalue weighted by molar-refractivity contribution is 6.02. The standard InChI is InChI=1S/C10H15NO3/c1-5(11)6-4-7-9(8(6)12)14-10(2,3)13-7/h7,9H,4,11H2,1-3H3/b6-5+/t7-,9-/m0/s1. The Morgan fingerprint density at radius 3 is 2.64 bits per heavy atom. The highest BCUT2D eigenvalue weighted by Gasteiger charge is 2.51. The van der Waals surface area contributed by atoms with Crippen LogP contribution in [0.15, 0.2) is 11.3 Å². The van der Waals surface area contributed by atoms with Gasteiger partial charge in [-0.3, -0.25) is 4.79 Å². The Labute approximate surface area is 83.1 Å². The fourth-order valence-electron chi connectivity index (χ4n) is 2.04. The van der Waals surface area contributed by atoms with Gasteiger partial charge in [0.2, 0.25) is 0 Å². The van der Waals surface area contributed by atoms with E-state index in [1.165, 1.54) is 0 Å². The highest BCUT2D eigenvalue weighted by Crippen LogP contribution is 2.38. The van der Waals surface area contributed by atoms with Crippen LogP contribution in [-0.4, -0.2) is 23.8 Å². The molecule has 14 heavy (non-hydrogen) atoms. The van der Waals surface area contributed by atoms with Crippen LogP contribution < -0.4 is 5.73 Å². The summed E-state index contributed by atoms with van der Waals surface area (Å²) in [6.07, 6.45) is -0.0144. The Kier molecular flexibility index (Phi) is 1.94. The molecule has 1 aliphatic carbocycles. The first-order valence-electron chi connectivity index (χ1n) is 4.76. The number of allylic oxidation sites excluding steroid dienone is 1. The molecule has 0 aromatic rings. The molecule has 0 spiro atoms. The Bertz CT molecular complexity index is 315. The predicted octanol–water partition coefficient (Wildman–Crippen LogP) is 0.712. The Morgan fingerprint density at radius 2 is 2.14 bits per heavy atom. The van der Waals surface area contributed by atoms with Gasteiger partial charge in [-0.25, -0.2) is 0 Å². The van der Waals surface area contributed by atoms with Gasteiger partial charge in [0, 0.05) is 17.7 Å². The van der Waals surface area contributed by atoms with E-state index >= 15 is 0 Å². The van der Waals surface area contributed by atoms with Crippen LogP contribution in [0.1, 0.15) is 27.2 Å². The van der Waals surface area contributed by atoms with Gasteiger partial charge in [0.1, 0.15) is 6.10 Å². The number of hydrogen-bond donors (Lipinski definition) is 1. The lowest BCUT2D eigenvalue weighted by Crippen LogP contribution is -2.26. The number of nitrogens with two attached hydrogens (primary N) is 1. The van der Waals surface area contributed by atoms with Crippen LogP contribution in [-0.2, 0) is 14.3 Å². The van der Waals surface area contributed by atoms with Crippen molar-refractivity contribution in [2.45, 2.75) is 45.2 Å². The van der Waals surface area contributed by atoms with Crippen LogP contribution in [0.25, 0.3) is 0 Å². The van der Waals surface area contributed by atoms with E-state index in [-0.39, 0.29) is 11.9 Å². The highest BCUT2D eigenvalue weighted by atomic mass is 16.8. The van der Waals surface area contributed by atoms with Gasteiger partial charge in [-0.1, -0.05) is 0 Å². The predicted molar refractivity (Wildman–Crippen MR) is 50.3 cm³/mol. The summed E-state index contributed by atoms with van der Waals surface area (Å²) in [6, 6.07) is 0. The van der Waals surface area contributed by atoms with Crippen molar-refractivity contribution < 1.29 is 14.3 Å². The quantitative estimate of drug-likeness (QED) is 0.581. The molecule has 1 saturated heterocycles. The molecule has 0 radical (unpaired) electrons. The number of hydrogen-bond acceptors (Lipinski definition) is 4. The van der Waals surface area contributed by atoms with Crippen LogP contribution >= 0.6 is 0 Å². The molecular weight excluding hydrogens is 182 g/mol. The molecule has 0 unspecified atom stereocenters. The fourth-order valence-corrected chi connectivity index (χ4v) is 2.04. The third kappa shape index (κ3) is 1.35. The molecule has 0 aromatic carbocycles. The lowest BCUT2D eigenvalue weighted by molar-refractivity contribution is -0.156. The van der Waals surface area contributed by atoms with Crippen molar-refractivity contribution >= 4 is 5.78 Å². The zero-order chi connectivity index (χ0) is 10.5. The molecule has 2 N–H and O–H groups in total. The van der Waals surface area contributed by atoms with Crippen LogP contribution in [0.2, 0.25) is 0 Å². The van der Waals surface area contributed by atoms with Crippen molar-refractivity contribution in [2.24, 2.45) is 5.73 Å². The summed E-state index contributed by atoms with van der Waals surface area (Å²) in [4.78, 5) is 11.8. The minimum Gasteiger partial charge on any atom is -0.402 e. The largest absolute Gasteiger partial charge is 0.402 e. The zero-order valence-electron chi connectivity index (χ0n) is 8.66. The molecule has 1 saturated carbocycles. The van der Waals surface area contributed by atoms with Crippen LogP contribution in [0, 0.1) is 0 Å². The summed E-state index contributed by atoms with van der Waals surface area (Å²) in [5, 5.41) is 0. The molecule has 0 amide bonds. The average Bonchev–Trinajstić information content (AvgIpc) is 2.46. The number of carbonyl (C=O) groups excluding carboxylic acids is 1. The number of Topliss-reactive ketones (excluding diaryl/α,β-unsaturated/α-hetero) is 1. The lowest BCUT2D eigenvalue weighted by Gasteiger charge is -2.18. The average molecular weight is 197 g/mol. The van der Waals surface area contributed by atoms with Gasteiger partial charge in [-0.2, -0.15) is 0 Å². The minimum absolute atomic E-state index is 0.0134. The van der Waals surface area contributed by atoms with E-state index in [0.717, 1.165) is 0 Å². The topological polar surface area (TPSA) is 61.6 Å². The third-order valence-electron chi connectivity index (χ3n) is 2.62. The maximum Gasteiger partial charge on any atom is 0.192 e. The second-order valence-corrected chi connectivity index (χ2v) is 4.32. The van der Waals surface area contributed by atoms with Gasteiger partial charge in [0.05, 0.1) is 6.10 Å². The molecule has 78 valence electrons. The first-order chi connectivity index (χ1) is 6.41. The molecule has 2 atom stereocenters. The Morgan fingerprint density at radius 1 is 1.50 bits per heavy atom. The summed E-state index contributed by atoms with van der Waals surface area (Å²) in [7, 11) is 0. The van der Waals surface area contributed by atoms with E-state index in [2.05, 4.69) is 0 Å². The second kappa shape index (κ2) is 2.81. The maximum absolute atomic E-state index is 11.8. The molecule has 1 aliphatic heterocycles. The fraction of sp³-hybridized carbons (Fsp3) is 0.700. The minimum atomic E-state index is -0.640. The number of fused-ring (bicyclic) bond motifs is 1. The van der Waals surface area contributed by atoms with Crippen molar-refractivity contribution in [1.29, 1.82) is 0 Å². The molecule has 0 aromatic heterocycles. The second-order valence-electron chi connectivity index (χ2n) is 4.32. The van der Waals surface area contributed by atoms with Crippen LogP contribution in [0.5, 0.6) is 0 Å². The van der Waals surface area contributed by atoms with E-state index < -0.39 is 11.9 Å². The van der Waals surface area contributed by atoms with E-state index in [9.17, 15) is 4.79 Å². The number of rotatable bonds is 0. The first kappa shape index (κ1) is 9.68. The van der Waals surface area contributed by atoms with Gasteiger partial charge in [-0.15, -0.1) is 0 Å². The van der Waals surface area contributed by atoms with Crippen molar-refractivity contribution in [3.8, 4) is 0 Å². The molecule has 4 heteroatoms. The summed E-state index contributed by atoms with van der Waals surface area (Å²) in [5.74, 6) is -0.653. The van der Waals surface area contributed by atoms with Gasteiger partial charge in [0.15, 0.2) is 11.6 Å². The molecule has 0 bridgehead atoms. The van der Waals surface area contributed by atoms with E-state index in [4.69, 9.17) is 15.2 Å². The van der Waals surface area contributed by atoms with Crippen molar-refractivity contribution in [2.75, 3.05) is 0 Å². The Balaban J connectivity index is 2.24. The maximum atomic E-state index is 11.8. The van der Waals surface area contributed by atoms with Gasteiger partial charge >= 0.3 is 0 Å². The number of ether oxygens (including phenoxy) is 2. The number of carbonyl (C=O) groups is 1. The summed E-state index contributed by atoms with van der Waals surface area (Å²) in [6.45, 7) is 5.37.